The monoisotopic (exact) mass is 1490 g/mol. The maximum absolute atomic E-state index is 15.5. The van der Waals surface area contributed by atoms with Gasteiger partial charge in [0, 0.05) is 73.3 Å². The molecule has 0 aromatic heterocycles. The Morgan fingerprint density at radius 3 is 1.65 bits per heavy atom. The highest BCUT2D eigenvalue weighted by atomic mass is 35.5. The number of halogens is 11. The summed E-state index contributed by atoms with van der Waals surface area (Å²) in [7, 11) is -16.8. The first kappa shape index (κ1) is 65.9. The first-order chi connectivity index (χ1) is 48.1. The Balaban J connectivity index is 0.000000167. The Hall–Kier alpha value is -5.65. The van der Waals surface area contributed by atoms with E-state index in [9.17, 15) is 60.0 Å². The Morgan fingerprint density at radius 1 is 0.577 bits per heavy atom. The molecule has 29 heteroatoms. The van der Waals surface area contributed by atoms with Crippen molar-refractivity contribution in [3.05, 3.63) is 182 Å². The predicted octanol–water partition coefficient (Wildman–Crippen LogP) is 14.3. The topological polar surface area (TPSA) is 192 Å². The fourth-order valence-electron chi connectivity index (χ4n) is 14.3. The zero-order valence-corrected chi connectivity index (χ0v) is 57.2. The molecule has 6 heterocycles. The van der Waals surface area contributed by atoms with Gasteiger partial charge in [-0.15, -0.1) is 0 Å². The number of alkyl halides is 3. The van der Waals surface area contributed by atoms with Crippen molar-refractivity contribution in [1.82, 2.24) is 0 Å². The van der Waals surface area contributed by atoms with Gasteiger partial charge in [0.15, 0.2) is 54.4 Å². The summed E-state index contributed by atoms with van der Waals surface area (Å²) < 4.78 is 314. The van der Waals surface area contributed by atoms with Crippen molar-refractivity contribution in [2.75, 3.05) is 63.2 Å². The lowest BCUT2D eigenvalue weighted by molar-refractivity contribution is -0.143. The molecule has 97 heavy (non-hydrogen) atoms. The van der Waals surface area contributed by atoms with E-state index < -0.39 is 225 Å². The Kier molecular flexibility index (Phi) is 19.3. The molecule has 6 aromatic carbocycles. The van der Waals surface area contributed by atoms with Crippen molar-refractivity contribution in [3.8, 4) is 17.2 Å². The minimum absolute atomic E-state index is 0.0414. The van der Waals surface area contributed by atoms with Crippen LogP contribution in [0, 0.1) is 52.7 Å². The Morgan fingerprint density at radius 2 is 1.08 bits per heavy atom. The summed E-state index contributed by atoms with van der Waals surface area (Å²) in [5.74, 6) is -10.4. The van der Waals surface area contributed by atoms with E-state index in [0.29, 0.717) is 43.0 Å². The fraction of sp³-hybridized carbons (Fsp3) is 0.471. The van der Waals surface area contributed by atoms with E-state index in [1.54, 1.807) is 12.1 Å². The lowest BCUT2D eigenvalue weighted by Gasteiger charge is -2.54. The van der Waals surface area contributed by atoms with Gasteiger partial charge in [-0.1, -0.05) is 62.0 Å². The Bertz CT molecular complexity index is 4690. The molecule has 14 nitrogen and oxygen atoms in total. The number of ether oxygens (including phenoxy) is 6. The molecule has 0 saturated carbocycles. The van der Waals surface area contributed by atoms with E-state index in [-0.39, 0.29) is 73.6 Å². The third-order valence-corrected chi connectivity index (χ3v) is 27.2. The number of hydrogen-bond acceptors (Lipinski definition) is 14. The van der Waals surface area contributed by atoms with Gasteiger partial charge in [-0.05, 0) is 154 Å². The van der Waals surface area contributed by atoms with Crippen LogP contribution >= 0.6 is 23.2 Å². The van der Waals surface area contributed by atoms with Crippen LogP contribution in [0.2, 0.25) is 10.0 Å². The molecule has 11 atom stereocenters. The van der Waals surface area contributed by atoms with Gasteiger partial charge in [-0.2, -0.15) is 13.2 Å². The van der Waals surface area contributed by atoms with Gasteiger partial charge in [-0.3, -0.25) is 0 Å². The number of hydrogen-bond donors (Lipinski definition) is 0. The minimum atomic E-state index is -5.04. The molecular formula is C68H71Cl2F9O14S4. The second-order valence-electron chi connectivity index (χ2n) is 24.7. The van der Waals surface area contributed by atoms with E-state index in [0.717, 1.165) is 60.4 Å². The first-order valence-corrected chi connectivity index (χ1v) is 38.3. The van der Waals surface area contributed by atoms with Gasteiger partial charge in [0.1, 0.15) is 46.6 Å². The molecule has 0 N–H and O–H groups in total. The number of rotatable bonds is 16. The van der Waals surface area contributed by atoms with Gasteiger partial charge in [0.05, 0.1) is 81.1 Å². The van der Waals surface area contributed by atoms with E-state index in [1.165, 1.54) is 13.8 Å². The van der Waals surface area contributed by atoms with Gasteiger partial charge in [0.2, 0.25) is 0 Å². The number of sulfone groups is 4. The van der Waals surface area contributed by atoms with Crippen LogP contribution in [0.25, 0.3) is 0 Å². The quantitative estimate of drug-likeness (QED) is 0.0831. The summed E-state index contributed by atoms with van der Waals surface area (Å²) in [6.45, 7) is 3.74. The summed E-state index contributed by atoms with van der Waals surface area (Å²) in [5, 5.41) is 0.00991. The minimum Gasteiger partial charge on any atom is -0.490 e. The van der Waals surface area contributed by atoms with Gasteiger partial charge < -0.3 is 28.4 Å². The molecule has 6 aliphatic rings. The van der Waals surface area contributed by atoms with Gasteiger partial charge in [0.25, 0.3) is 0 Å². The summed E-state index contributed by atoms with van der Waals surface area (Å²) in [5.41, 5.74) is -3.38. The number of fused-ring (bicyclic) bond motifs is 9. The van der Waals surface area contributed by atoms with E-state index in [2.05, 4.69) is 0 Å². The molecule has 528 valence electrons. The summed E-state index contributed by atoms with van der Waals surface area (Å²) in [4.78, 5) is -1.54. The highest BCUT2D eigenvalue weighted by molar-refractivity contribution is 7.93. The average Bonchev–Trinajstić information content (AvgIpc) is 0.697. The van der Waals surface area contributed by atoms with Crippen molar-refractivity contribution in [1.29, 1.82) is 0 Å². The predicted molar refractivity (Wildman–Crippen MR) is 344 cm³/mol. The largest absolute Gasteiger partial charge is 0.490 e. The van der Waals surface area contributed by atoms with Crippen LogP contribution in [-0.2, 0) is 81.1 Å². The Labute approximate surface area is 576 Å². The van der Waals surface area contributed by atoms with Crippen molar-refractivity contribution < 1.29 is 110 Å². The average molecular weight is 1490 g/mol. The zero-order valence-electron chi connectivity index (χ0n) is 58.4. The molecule has 2 unspecified atom stereocenters. The molecule has 6 aromatic rings. The maximum atomic E-state index is 15.5. The van der Waals surface area contributed by atoms with Crippen LogP contribution in [0.3, 0.4) is 0 Å². The van der Waals surface area contributed by atoms with Crippen LogP contribution in [0.4, 0.5) is 39.5 Å². The fourth-order valence-corrected chi connectivity index (χ4v) is 20.8. The lowest BCUT2D eigenvalue weighted by Crippen LogP contribution is -2.62. The van der Waals surface area contributed by atoms with Crippen molar-refractivity contribution in [2.45, 2.75) is 127 Å². The molecule has 6 aliphatic heterocycles. The van der Waals surface area contributed by atoms with Crippen molar-refractivity contribution >= 4 is 62.6 Å². The summed E-state index contributed by atoms with van der Waals surface area (Å²) in [6, 6.07) is 11.9. The SMILES string of the molecule is C[C@@]1(CCS(C)(=O)=O)OCC[C@@]2(S(=O)(=O)c3ccc(C(F)(F)F)cc3)c3c(F)ccc(F)c3OC[C@@H]12.[2H]C(CC)C([2H])[C@@H]1OCC[C@@]2(Cc3ccc(Cl)cc3)c3c(F)ccc(F)c3OC[C@@H]12.[2H]c1c([2H])c(S(=O)(=O)[C@@]23CCO[C@@H](CCS(=O)(=O)CC)[C@@H]2COc2c(F)ccc(F)c23)c([2H])c([2H])c1Cl. The molecule has 0 spiro atoms. The van der Waals surface area contributed by atoms with E-state index >= 15 is 13.2 Å². The molecule has 12 rings (SSSR count). The van der Waals surface area contributed by atoms with Crippen molar-refractivity contribution in [2.24, 2.45) is 17.8 Å². The smallest absolute Gasteiger partial charge is 0.416 e. The third-order valence-electron chi connectivity index (χ3n) is 19.2. The summed E-state index contributed by atoms with van der Waals surface area (Å²) >= 11 is 11.9. The molecule has 0 amide bonds. The van der Waals surface area contributed by atoms with Crippen LogP contribution in [0.1, 0.15) is 108 Å². The maximum Gasteiger partial charge on any atom is 0.416 e. The van der Waals surface area contributed by atoms with Crippen molar-refractivity contribution in [3.63, 3.8) is 0 Å². The third kappa shape index (κ3) is 14.1. The zero-order chi connectivity index (χ0) is 75.7. The van der Waals surface area contributed by atoms with Crippen LogP contribution < -0.4 is 14.2 Å². The molecule has 0 radical (unpaired) electrons. The first-order valence-electron chi connectivity index (χ1n) is 33.9. The molecule has 0 bridgehead atoms. The van der Waals surface area contributed by atoms with Crippen LogP contribution in [-0.4, -0.2) is 115 Å². The standard InChI is InChI=1S/C23H25ClF2O2.C23H23F5O6S2.C22H23ClF2O6S2/c1-2-3-4-20-17-14-28-22-19(26)10-9-18(25)21(22)23(17,11-12-27-20)13-15-5-7-16(24)8-6-15;1-21(10-12-35(2,29)30)18-13-33-20-17(25)8-7-16(24)19(20)22(18,9-11-34-21)36(31,32)15-5-3-14(4-6-15)23(26,27)28;1-2-32(26,27)12-9-19-16-13-31-21-18(25)8-7-17(24)20(21)22(16,10-11-30-19)33(28,29)15-5-3-14(23)4-6-15/h5-10,17,20H,2-4,11-14H2,1H3;3-8,18H,9-13H2,1-2H3;3-8,16,19H,2,9-13H2,1H3/t17-,20-,23-;18-,21-,22-;16-,19-,22-/m000/s1/i3D,4D;;3D,4D,5D,6D/t3?,4?,17-,20-,23-;;m. The summed E-state index contributed by atoms with van der Waals surface area (Å²) in [6.07, 6.45) is -6.49. The lowest BCUT2D eigenvalue weighted by atomic mass is 9.60. The molecule has 0 aliphatic carbocycles. The van der Waals surface area contributed by atoms with Crippen LogP contribution in [0.5, 0.6) is 17.2 Å². The van der Waals surface area contributed by atoms with E-state index in [4.69, 9.17) is 59.8 Å². The number of benzene rings is 6. The van der Waals surface area contributed by atoms with Gasteiger partial charge in [-0.25, -0.2) is 60.0 Å². The molecule has 3 fully saturated rings. The van der Waals surface area contributed by atoms with Gasteiger partial charge >= 0.3 is 6.18 Å². The normalized spacial score (nSPS) is 27.5. The molecular weight excluding hydrogens is 1410 g/mol. The highest BCUT2D eigenvalue weighted by Crippen LogP contribution is 2.60. The van der Waals surface area contributed by atoms with E-state index in [1.807, 2.05) is 19.1 Å². The van der Waals surface area contributed by atoms with Crippen LogP contribution in [0.15, 0.2) is 119 Å². The second-order valence-corrected chi connectivity index (χ2v) is 34.6. The molecule has 3 saturated heterocycles. The second kappa shape index (κ2) is 28.4. The highest BCUT2D eigenvalue weighted by Gasteiger charge is 2.66.